The van der Waals surface area contributed by atoms with Gasteiger partial charge in [0, 0.05) is 5.56 Å². The van der Waals surface area contributed by atoms with Crippen LogP contribution in [0.2, 0.25) is 0 Å². The zero-order valence-electron chi connectivity index (χ0n) is 10.5. The Labute approximate surface area is 110 Å². The number of aromatic nitrogens is 2. The molecule has 0 saturated heterocycles. The monoisotopic (exact) mass is 265 g/mol. The Morgan fingerprint density at radius 2 is 2.11 bits per heavy atom. The molecule has 2 aromatic rings. The van der Waals surface area contributed by atoms with Gasteiger partial charge in [-0.05, 0) is 36.8 Å². The van der Waals surface area contributed by atoms with Crippen molar-refractivity contribution in [2.75, 3.05) is 21.3 Å². The highest BCUT2D eigenvalue weighted by molar-refractivity contribution is 7.05. The highest BCUT2D eigenvalue weighted by atomic mass is 32.1. The average Bonchev–Trinajstić information content (AvgIpc) is 2.93. The fourth-order valence-corrected chi connectivity index (χ4v) is 2.45. The van der Waals surface area contributed by atoms with E-state index in [1.54, 1.807) is 20.4 Å². The largest absolute Gasteiger partial charge is 0.497 e. The Morgan fingerprint density at radius 1 is 1.28 bits per heavy atom. The highest BCUT2D eigenvalue weighted by Crippen LogP contribution is 2.33. The van der Waals surface area contributed by atoms with Gasteiger partial charge in [0.25, 0.3) is 0 Å². The van der Waals surface area contributed by atoms with Gasteiger partial charge in [0.05, 0.1) is 31.3 Å². The van der Waals surface area contributed by atoms with Crippen molar-refractivity contribution in [1.82, 2.24) is 14.9 Å². The molecule has 1 unspecified atom stereocenters. The molecule has 96 valence electrons. The molecule has 18 heavy (non-hydrogen) atoms. The third-order valence-electron chi connectivity index (χ3n) is 2.70. The second-order valence-electron chi connectivity index (χ2n) is 3.65. The molecule has 1 aromatic heterocycles. The van der Waals surface area contributed by atoms with E-state index in [1.165, 1.54) is 11.5 Å². The molecule has 5 nitrogen and oxygen atoms in total. The molecular formula is C12H15N3O2S. The van der Waals surface area contributed by atoms with Crippen molar-refractivity contribution < 1.29 is 9.47 Å². The first-order valence-corrected chi connectivity index (χ1v) is 6.24. The molecule has 1 atom stereocenters. The smallest absolute Gasteiger partial charge is 0.124 e. The van der Waals surface area contributed by atoms with Gasteiger partial charge in [-0.3, -0.25) is 0 Å². The molecular weight excluding hydrogens is 250 g/mol. The van der Waals surface area contributed by atoms with E-state index in [4.69, 9.17) is 9.47 Å². The Balaban J connectivity index is 2.46. The second-order valence-corrected chi connectivity index (χ2v) is 4.47. The van der Waals surface area contributed by atoms with Crippen LogP contribution in [-0.4, -0.2) is 30.9 Å². The first-order chi connectivity index (χ1) is 8.80. The van der Waals surface area contributed by atoms with Crippen molar-refractivity contribution in [2.45, 2.75) is 6.04 Å². The van der Waals surface area contributed by atoms with Crippen LogP contribution in [0.15, 0.2) is 24.4 Å². The highest BCUT2D eigenvalue weighted by Gasteiger charge is 2.19. The molecule has 0 radical (unpaired) electrons. The first kappa shape index (κ1) is 12.8. The van der Waals surface area contributed by atoms with Gasteiger partial charge in [0.1, 0.15) is 11.5 Å². The number of methoxy groups -OCH3 is 2. The van der Waals surface area contributed by atoms with E-state index in [-0.39, 0.29) is 6.04 Å². The van der Waals surface area contributed by atoms with Gasteiger partial charge in [-0.25, -0.2) is 0 Å². The molecule has 0 aliphatic carbocycles. The molecule has 2 rings (SSSR count). The van der Waals surface area contributed by atoms with Crippen molar-refractivity contribution in [1.29, 1.82) is 0 Å². The summed E-state index contributed by atoms with van der Waals surface area (Å²) >= 11 is 1.36. The number of hydrogen-bond donors (Lipinski definition) is 1. The Morgan fingerprint density at radius 3 is 2.67 bits per heavy atom. The maximum absolute atomic E-state index is 5.39. The van der Waals surface area contributed by atoms with Gasteiger partial charge in [0.2, 0.25) is 0 Å². The normalized spacial score (nSPS) is 12.2. The Kier molecular flexibility index (Phi) is 4.11. The Hall–Kier alpha value is -1.66. The zero-order chi connectivity index (χ0) is 13.0. The molecule has 0 amide bonds. The topological polar surface area (TPSA) is 56.3 Å². The molecule has 0 spiro atoms. The van der Waals surface area contributed by atoms with E-state index in [9.17, 15) is 0 Å². The van der Waals surface area contributed by atoms with Gasteiger partial charge >= 0.3 is 0 Å². The Bertz CT molecular complexity index is 502. The van der Waals surface area contributed by atoms with E-state index < -0.39 is 0 Å². The van der Waals surface area contributed by atoms with Crippen molar-refractivity contribution in [3.8, 4) is 11.5 Å². The summed E-state index contributed by atoms with van der Waals surface area (Å²) in [6, 6.07) is 5.72. The average molecular weight is 265 g/mol. The van der Waals surface area contributed by atoms with Crippen molar-refractivity contribution >= 4 is 11.5 Å². The van der Waals surface area contributed by atoms with Crippen LogP contribution in [0.4, 0.5) is 0 Å². The van der Waals surface area contributed by atoms with Crippen LogP contribution < -0.4 is 14.8 Å². The van der Waals surface area contributed by atoms with Crippen molar-refractivity contribution in [3.63, 3.8) is 0 Å². The number of nitrogens with one attached hydrogen (secondary N) is 1. The van der Waals surface area contributed by atoms with Crippen LogP contribution in [0, 0.1) is 0 Å². The predicted octanol–water partition coefficient (Wildman–Crippen LogP) is 1.86. The summed E-state index contributed by atoms with van der Waals surface area (Å²) in [4.78, 5) is 1.03. The second kappa shape index (κ2) is 5.79. The van der Waals surface area contributed by atoms with Crippen LogP contribution in [0.5, 0.6) is 11.5 Å². The molecule has 0 saturated carbocycles. The number of ether oxygens (including phenoxy) is 2. The molecule has 1 N–H and O–H groups in total. The van der Waals surface area contributed by atoms with Crippen LogP contribution in [0.25, 0.3) is 0 Å². The van der Waals surface area contributed by atoms with E-state index in [1.807, 2.05) is 25.2 Å². The summed E-state index contributed by atoms with van der Waals surface area (Å²) in [5, 5.41) is 7.11. The third kappa shape index (κ3) is 2.44. The van der Waals surface area contributed by atoms with Crippen LogP contribution in [-0.2, 0) is 0 Å². The lowest BCUT2D eigenvalue weighted by Crippen LogP contribution is -2.17. The summed E-state index contributed by atoms with van der Waals surface area (Å²) in [7, 11) is 5.19. The molecule has 0 bridgehead atoms. The fraction of sp³-hybridized carbons (Fsp3) is 0.333. The minimum absolute atomic E-state index is 0.00458. The maximum Gasteiger partial charge on any atom is 0.124 e. The maximum atomic E-state index is 5.39. The number of rotatable bonds is 5. The predicted molar refractivity (Wildman–Crippen MR) is 70.4 cm³/mol. The van der Waals surface area contributed by atoms with Gasteiger partial charge in [-0.15, -0.1) is 5.10 Å². The number of benzene rings is 1. The molecule has 1 heterocycles. The number of nitrogens with zero attached hydrogens (tertiary/aromatic N) is 2. The zero-order valence-corrected chi connectivity index (χ0v) is 11.3. The molecule has 0 fully saturated rings. The lowest BCUT2D eigenvalue weighted by Gasteiger charge is -2.18. The van der Waals surface area contributed by atoms with Crippen molar-refractivity contribution in [2.24, 2.45) is 0 Å². The summed E-state index contributed by atoms with van der Waals surface area (Å²) in [5.74, 6) is 1.60. The van der Waals surface area contributed by atoms with Crippen LogP contribution >= 0.6 is 11.5 Å². The molecule has 0 aliphatic rings. The third-order valence-corrected chi connectivity index (χ3v) is 3.43. The van der Waals surface area contributed by atoms with E-state index in [2.05, 4.69) is 14.9 Å². The lowest BCUT2D eigenvalue weighted by atomic mass is 10.0. The van der Waals surface area contributed by atoms with E-state index in [0.717, 1.165) is 21.9 Å². The van der Waals surface area contributed by atoms with Gasteiger partial charge in [0.15, 0.2) is 0 Å². The van der Waals surface area contributed by atoms with E-state index in [0.29, 0.717) is 0 Å². The molecule has 6 heteroatoms. The fourth-order valence-electron chi connectivity index (χ4n) is 1.82. The van der Waals surface area contributed by atoms with Gasteiger partial charge in [-0.1, -0.05) is 4.49 Å². The van der Waals surface area contributed by atoms with E-state index >= 15 is 0 Å². The summed E-state index contributed by atoms with van der Waals surface area (Å²) < 4.78 is 14.5. The molecule has 0 aliphatic heterocycles. The van der Waals surface area contributed by atoms with Crippen LogP contribution in [0.3, 0.4) is 0 Å². The van der Waals surface area contributed by atoms with Gasteiger partial charge < -0.3 is 14.8 Å². The lowest BCUT2D eigenvalue weighted by molar-refractivity contribution is 0.395. The van der Waals surface area contributed by atoms with Gasteiger partial charge in [-0.2, -0.15) is 0 Å². The molecule has 1 aromatic carbocycles. The minimum Gasteiger partial charge on any atom is -0.497 e. The first-order valence-electron chi connectivity index (χ1n) is 5.46. The standard InChI is InChI=1S/C12H15N3O2S/c1-13-12(11-7-14-15-18-11)9-6-8(16-2)4-5-10(9)17-3/h4-7,12-13H,1-3H3. The quantitative estimate of drug-likeness (QED) is 0.894. The number of hydrogen-bond acceptors (Lipinski definition) is 6. The summed E-state index contributed by atoms with van der Waals surface area (Å²) in [6.45, 7) is 0. The summed E-state index contributed by atoms with van der Waals surface area (Å²) in [6.07, 6.45) is 1.75. The SMILES string of the molecule is CNC(c1cnns1)c1cc(OC)ccc1OC. The van der Waals surface area contributed by atoms with Crippen molar-refractivity contribution in [3.05, 3.63) is 34.8 Å². The minimum atomic E-state index is -0.00458. The van der Waals surface area contributed by atoms with Crippen LogP contribution in [0.1, 0.15) is 16.5 Å². The summed E-state index contributed by atoms with van der Waals surface area (Å²) in [5.41, 5.74) is 1.01.